The highest BCUT2D eigenvalue weighted by atomic mass is 32.2. The number of sulfonamides is 1. The van der Waals surface area contributed by atoms with Crippen molar-refractivity contribution < 1.29 is 27.1 Å². The van der Waals surface area contributed by atoms with Gasteiger partial charge in [0, 0.05) is 17.3 Å². The van der Waals surface area contributed by atoms with Crippen LogP contribution in [0.4, 0.5) is 5.69 Å². The quantitative estimate of drug-likeness (QED) is 0.399. The molecule has 0 bridgehead atoms. The van der Waals surface area contributed by atoms with Crippen molar-refractivity contribution in [3.63, 3.8) is 0 Å². The lowest BCUT2D eigenvalue weighted by Crippen LogP contribution is -2.23. The lowest BCUT2D eigenvalue weighted by atomic mass is 10.2. The van der Waals surface area contributed by atoms with Gasteiger partial charge in [-0.1, -0.05) is 13.8 Å². The van der Waals surface area contributed by atoms with Gasteiger partial charge >= 0.3 is 0 Å². The topological polar surface area (TPSA) is 107 Å². The van der Waals surface area contributed by atoms with Crippen molar-refractivity contribution in [2.45, 2.75) is 38.1 Å². The average Bonchev–Trinajstić information content (AvgIpc) is 3.35. The van der Waals surface area contributed by atoms with Crippen LogP contribution in [0.25, 0.3) is 0 Å². The second-order valence-corrected chi connectivity index (χ2v) is 9.01. The van der Waals surface area contributed by atoms with Crippen LogP contribution in [-0.2, 0) is 16.6 Å². The minimum Gasteiger partial charge on any atom is -0.490 e. The molecular weight excluding hydrogens is 444 g/mol. The van der Waals surface area contributed by atoms with Crippen molar-refractivity contribution in [1.29, 1.82) is 0 Å². The summed E-state index contributed by atoms with van der Waals surface area (Å²) in [5, 5.41) is 2.81. The number of hydrogen-bond acceptors (Lipinski definition) is 6. The highest BCUT2D eigenvalue weighted by molar-refractivity contribution is 7.89. The Morgan fingerprint density at radius 3 is 2.27 bits per heavy atom. The third-order valence-electron chi connectivity index (χ3n) is 4.57. The maximum absolute atomic E-state index is 12.7. The number of benzene rings is 2. The van der Waals surface area contributed by atoms with E-state index in [1.54, 1.807) is 30.3 Å². The fourth-order valence-electron chi connectivity index (χ4n) is 2.89. The molecule has 1 aromatic heterocycles. The Morgan fingerprint density at radius 1 is 0.939 bits per heavy atom. The third-order valence-corrected chi connectivity index (χ3v) is 5.99. The van der Waals surface area contributed by atoms with Crippen LogP contribution in [0.15, 0.2) is 70.2 Å². The molecule has 8 nitrogen and oxygen atoms in total. The van der Waals surface area contributed by atoms with Gasteiger partial charge in [-0.15, -0.1) is 0 Å². The van der Waals surface area contributed by atoms with Crippen LogP contribution >= 0.6 is 0 Å². The van der Waals surface area contributed by atoms with Gasteiger partial charge in [-0.3, -0.25) is 4.79 Å². The molecule has 0 unspecified atom stereocenters. The maximum Gasteiger partial charge on any atom is 0.255 e. The number of anilines is 1. The van der Waals surface area contributed by atoms with Crippen LogP contribution in [0, 0.1) is 0 Å². The highest BCUT2D eigenvalue weighted by Crippen LogP contribution is 2.31. The normalized spacial score (nSPS) is 11.2. The molecule has 0 spiro atoms. The van der Waals surface area contributed by atoms with E-state index in [0.717, 1.165) is 12.8 Å². The molecule has 0 atom stereocenters. The second-order valence-electron chi connectivity index (χ2n) is 7.24. The van der Waals surface area contributed by atoms with Gasteiger partial charge in [-0.2, -0.15) is 0 Å². The van der Waals surface area contributed by atoms with E-state index in [-0.39, 0.29) is 17.3 Å². The fourth-order valence-corrected chi connectivity index (χ4v) is 3.89. The van der Waals surface area contributed by atoms with Crippen molar-refractivity contribution in [2.75, 3.05) is 18.5 Å². The summed E-state index contributed by atoms with van der Waals surface area (Å²) < 4.78 is 44.0. The Kier molecular flexibility index (Phi) is 8.51. The molecule has 1 amide bonds. The van der Waals surface area contributed by atoms with E-state index in [1.165, 1.54) is 30.5 Å². The molecule has 0 fully saturated rings. The number of hydrogen-bond donors (Lipinski definition) is 2. The van der Waals surface area contributed by atoms with E-state index in [0.29, 0.717) is 41.7 Å². The fraction of sp³-hybridized carbons (Fsp3) is 0.292. The number of ether oxygens (including phenoxy) is 2. The first-order valence-electron chi connectivity index (χ1n) is 10.8. The number of amides is 1. The summed E-state index contributed by atoms with van der Waals surface area (Å²) in [5.74, 6) is 1.32. The standard InChI is InChI=1S/C24H28N2O6S/c1-3-13-31-22-12-9-19(16-23(22)32-14-4-2)26-24(27)18-7-10-21(11-8-18)33(28,29)25-17-20-6-5-15-30-20/h5-12,15-16,25H,3-4,13-14,17H2,1-2H3,(H,26,27). The van der Waals surface area contributed by atoms with Crippen molar-refractivity contribution in [2.24, 2.45) is 0 Å². The average molecular weight is 473 g/mol. The Morgan fingerprint density at radius 2 is 1.64 bits per heavy atom. The van der Waals surface area contributed by atoms with E-state index in [2.05, 4.69) is 10.0 Å². The van der Waals surface area contributed by atoms with E-state index < -0.39 is 10.0 Å². The van der Waals surface area contributed by atoms with Crippen molar-refractivity contribution in [3.05, 3.63) is 72.2 Å². The van der Waals surface area contributed by atoms with Crippen LogP contribution in [0.3, 0.4) is 0 Å². The van der Waals surface area contributed by atoms with Gasteiger partial charge in [0.05, 0.1) is 30.9 Å². The predicted octanol–water partition coefficient (Wildman–Crippen LogP) is 4.59. The highest BCUT2D eigenvalue weighted by Gasteiger charge is 2.16. The minimum absolute atomic E-state index is 0.0397. The summed E-state index contributed by atoms with van der Waals surface area (Å²) in [6, 6.07) is 14.3. The Hall–Kier alpha value is -3.30. The van der Waals surface area contributed by atoms with Gasteiger partial charge in [0.15, 0.2) is 11.5 Å². The van der Waals surface area contributed by atoms with Crippen molar-refractivity contribution in [1.82, 2.24) is 4.72 Å². The molecule has 0 radical (unpaired) electrons. The maximum atomic E-state index is 12.7. The van der Waals surface area contributed by atoms with Crippen molar-refractivity contribution >= 4 is 21.6 Å². The number of carbonyl (C=O) groups excluding carboxylic acids is 1. The molecule has 2 N–H and O–H groups in total. The molecule has 0 aliphatic carbocycles. The van der Waals surface area contributed by atoms with Crippen LogP contribution in [-0.4, -0.2) is 27.5 Å². The number of rotatable bonds is 12. The van der Waals surface area contributed by atoms with Gasteiger partial charge in [-0.25, -0.2) is 13.1 Å². The zero-order valence-electron chi connectivity index (χ0n) is 18.7. The van der Waals surface area contributed by atoms with Crippen LogP contribution in [0.2, 0.25) is 0 Å². The summed E-state index contributed by atoms with van der Waals surface area (Å²) in [6.07, 6.45) is 3.19. The lowest BCUT2D eigenvalue weighted by molar-refractivity contribution is 0.102. The summed E-state index contributed by atoms with van der Waals surface area (Å²) >= 11 is 0. The van der Waals surface area contributed by atoms with E-state index >= 15 is 0 Å². The van der Waals surface area contributed by atoms with Crippen LogP contribution in [0.1, 0.15) is 42.8 Å². The molecule has 0 saturated carbocycles. The number of carbonyl (C=O) groups is 1. The Labute approximate surface area is 194 Å². The Balaban J connectivity index is 1.67. The zero-order valence-corrected chi connectivity index (χ0v) is 19.5. The molecule has 3 rings (SSSR count). The van der Waals surface area contributed by atoms with Gasteiger partial charge in [0.25, 0.3) is 5.91 Å². The van der Waals surface area contributed by atoms with E-state index in [1.807, 2.05) is 13.8 Å². The van der Waals surface area contributed by atoms with E-state index in [4.69, 9.17) is 13.9 Å². The summed E-state index contributed by atoms with van der Waals surface area (Å²) in [5.41, 5.74) is 0.870. The number of nitrogens with one attached hydrogen (secondary N) is 2. The first-order chi connectivity index (χ1) is 15.9. The van der Waals surface area contributed by atoms with Gasteiger partial charge in [0.1, 0.15) is 5.76 Å². The lowest BCUT2D eigenvalue weighted by Gasteiger charge is -2.14. The van der Waals surface area contributed by atoms with Gasteiger partial charge in [0.2, 0.25) is 10.0 Å². The van der Waals surface area contributed by atoms with Gasteiger partial charge in [-0.05, 0) is 61.4 Å². The summed E-state index contributed by atoms with van der Waals surface area (Å²) in [6.45, 7) is 5.17. The Bertz CT molecular complexity index is 1140. The largest absolute Gasteiger partial charge is 0.490 e. The monoisotopic (exact) mass is 472 g/mol. The summed E-state index contributed by atoms with van der Waals surface area (Å²) in [7, 11) is -3.74. The summed E-state index contributed by atoms with van der Waals surface area (Å²) in [4.78, 5) is 12.7. The molecule has 9 heteroatoms. The SMILES string of the molecule is CCCOc1ccc(NC(=O)c2ccc(S(=O)(=O)NCc3ccco3)cc2)cc1OCCC. The molecular formula is C24H28N2O6S. The predicted molar refractivity (Wildman–Crippen MR) is 125 cm³/mol. The first-order valence-corrected chi connectivity index (χ1v) is 12.2. The zero-order chi connectivity index (χ0) is 23.7. The third kappa shape index (κ3) is 6.84. The van der Waals surface area contributed by atoms with E-state index in [9.17, 15) is 13.2 Å². The molecule has 3 aromatic rings. The molecule has 2 aromatic carbocycles. The molecule has 0 saturated heterocycles. The van der Waals surface area contributed by atoms with Crippen LogP contribution < -0.4 is 19.5 Å². The molecule has 0 aliphatic rings. The second kappa shape index (κ2) is 11.5. The molecule has 0 aliphatic heterocycles. The molecule has 176 valence electrons. The van der Waals surface area contributed by atoms with Crippen LogP contribution in [0.5, 0.6) is 11.5 Å². The molecule has 1 heterocycles. The smallest absolute Gasteiger partial charge is 0.255 e. The molecule has 33 heavy (non-hydrogen) atoms. The number of furan rings is 1. The van der Waals surface area contributed by atoms with Crippen molar-refractivity contribution in [3.8, 4) is 11.5 Å². The van der Waals surface area contributed by atoms with Gasteiger partial charge < -0.3 is 19.2 Å². The minimum atomic E-state index is -3.74. The first kappa shape index (κ1) is 24.3.